The molecule has 1 saturated carbocycles. The van der Waals surface area contributed by atoms with Crippen LogP contribution in [0, 0.1) is 0 Å². The Labute approximate surface area is 102 Å². The highest BCUT2D eigenvalue weighted by Crippen LogP contribution is 2.29. The van der Waals surface area contributed by atoms with Gasteiger partial charge in [0.1, 0.15) is 0 Å². The monoisotopic (exact) mass is 236 g/mol. The number of hydrogen-bond donors (Lipinski definition) is 0. The van der Waals surface area contributed by atoms with Crippen LogP contribution < -0.4 is 0 Å². The van der Waals surface area contributed by atoms with E-state index >= 15 is 0 Å². The molecule has 2 amide bonds. The summed E-state index contributed by atoms with van der Waals surface area (Å²) in [7, 11) is 0. The Kier molecular flexibility index (Phi) is 2.90. The summed E-state index contributed by atoms with van der Waals surface area (Å²) >= 11 is 0. The number of rotatable bonds is 2. The Balaban J connectivity index is 1.53. The van der Waals surface area contributed by atoms with Crippen LogP contribution in [0.1, 0.15) is 44.9 Å². The summed E-state index contributed by atoms with van der Waals surface area (Å²) in [5.74, 6) is 0.0894. The van der Waals surface area contributed by atoms with Crippen molar-refractivity contribution in [3.05, 3.63) is 0 Å². The lowest BCUT2D eigenvalue weighted by Crippen LogP contribution is -2.63. The molecule has 3 rings (SSSR count). The Morgan fingerprint density at radius 3 is 2.00 bits per heavy atom. The topological polar surface area (TPSA) is 40.6 Å². The number of carbonyl (C=O) groups is 2. The van der Waals surface area contributed by atoms with Crippen LogP contribution in [-0.4, -0.2) is 46.8 Å². The highest BCUT2D eigenvalue weighted by atomic mass is 16.2. The molecule has 4 heteroatoms. The van der Waals surface area contributed by atoms with Crippen LogP contribution in [0.4, 0.5) is 0 Å². The molecule has 2 aliphatic heterocycles. The van der Waals surface area contributed by atoms with Gasteiger partial charge < -0.3 is 0 Å². The first-order valence-electron chi connectivity index (χ1n) is 6.84. The maximum absolute atomic E-state index is 11.6. The Bertz CT molecular complexity index is 314. The molecule has 0 bridgehead atoms. The number of hydrogen-bond acceptors (Lipinski definition) is 3. The summed E-state index contributed by atoms with van der Waals surface area (Å²) in [6.07, 6.45) is 7.51. The maximum Gasteiger partial charge on any atom is 0.230 e. The lowest BCUT2D eigenvalue weighted by molar-refractivity contribution is -0.146. The van der Waals surface area contributed by atoms with Gasteiger partial charge in [0.25, 0.3) is 0 Å². The quantitative estimate of drug-likeness (QED) is 0.675. The normalized spacial score (nSPS) is 28.8. The molecule has 2 saturated heterocycles. The van der Waals surface area contributed by atoms with Crippen molar-refractivity contribution < 1.29 is 9.59 Å². The predicted octanol–water partition coefficient (Wildman–Crippen LogP) is 1.15. The van der Waals surface area contributed by atoms with Crippen molar-refractivity contribution in [1.29, 1.82) is 0 Å². The van der Waals surface area contributed by atoms with Gasteiger partial charge in [-0.1, -0.05) is 19.3 Å². The molecular weight excluding hydrogens is 216 g/mol. The minimum absolute atomic E-state index is 0.0447. The fourth-order valence-electron chi connectivity index (χ4n) is 3.40. The maximum atomic E-state index is 11.6. The second-order valence-corrected chi connectivity index (χ2v) is 5.56. The summed E-state index contributed by atoms with van der Waals surface area (Å²) in [5, 5.41) is 0. The van der Waals surface area contributed by atoms with Crippen molar-refractivity contribution in [3.8, 4) is 0 Å². The molecule has 0 aromatic carbocycles. The molecule has 0 spiro atoms. The van der Waals surface area contributed by atoms with Gasteiger partial charge in [0, 0.05) is 32.0 Å². The molecule has 0 aromatic heterocycles. The van der Waals surface area contributed by atoms with E-state index in [-0.39, 0.29) is 17.9 Å². The number of imide groups is 1. The van der Waals surface area contributed by atoms with Crippen molar-refractivity contribution in [3.63, 3.8) is 0 Å². The van der Waals surface area contributed by atoms with Gasteiger partial charge in [0.05, 0.1) is 6.04 Å². The van der Waals surface area contributed by atoms with E-state index in [0.717, 1.165) is 13.1 Å². The van der Waals surface area contributed by atoms with Crippen molar-refractivity contribution in [2.75, 3.05) is 13.1 Å². The first-order valence-corrected chi connectivity index (χ1v) is 6.84. The number of amides is 2. The zero-order valence-electron chi connectivity index (χ0n) is 10.2. The molecule has 1 aliphatic carbocycles. The molecule has 17 heavy (non-hydrogen) atoms. The van der Waals surface area contributed by atoms with Crippen LogP contribution in [0.2, 0.25) is 0 Å². The van der Waals surface area contributed by atoms with E-state index in [9.17, 15) is 9.59 Å². The van der Waals surface area contributed by atoms with E-state index in [4.69, 9.17) is 0 Å². The molecule has 0 atom stereocenters. The van der Waals surface area contributed by atoms with Crippen molar-refractivity contribution in [1.82, 2.24) is 9.80 Å². The summed E-state index contributed by atoms with van der Waals surface area (Å²) in [4.78, 5) is 27.2. The van der Waals surface area contributed by atoms with Gasteiger partial charge >= 0.3 is 0 Å². The van der Waals surface area contributed by atoms with E-state index in [1.54, 1.807) is 0 Å². The molecule has 0 unspecified atom stereocenters. The highest BCUT2D eigenvalue weighted by molar-refractivity contribution is 6.02. The van der Waals surface area contributed by atoms with E-state index in [0.29, 0.717) is 18.9 Å². The number of carbonyl (C=O) groups excluding carboxylic acids is 2. The summed E-state index contributed by atoms with van der Waals surface area (Å²) < 4.78 is 0. The lowest BCUT2D eigenvalue weighted by Gasteiger charge is -2.48. The van der Waals surface area contributed by atoms with Crippen molar-refractivity contribution in [2.45, 2.75) is 57.0 Å². The molecule has 0 aromatic rings. The number of nitrogens with zero attached hydrogens (tertiary/aromatic N) is 2. The van der Waals surface area contributed by atoms with E-state index in [1.807, 2.05) is 0 Å². The zero-order chi connectivity index (χ0) is 11.8. The predicted molar refractivity (Wildman–Crippen MR) is 63.3 cm³/mol. The largest absolute Gasteiger partial charge is 0.296 e. The molecule has 4 nitrogen and oxygen atoms in total. The van der Waals surface area contributed by atoms with Gasteiger partial charge in [0.15, 0.2) is 0 Å². The van der Waals surface area contributed by atoms with Crippen molar-refractivity contribution >= 4 is 11.8 Å². The third kappa shape index (κ3) is 1.99. The van der Waals surface area contributed by atoms with E-state index < -0.39 is 0 Å². The molecular formula is C13H20N2O2. The molecule has 2 heterocycles. The van der Waals surface area contributed by atoms with Crippen LogP contribution in [0.5, 0.6) is 0 Å². The van der Waals surface area contributed by atoms with Gasteiger partial charge in [-0.15, -0.1) is 0 Å². The first-order chi connectivity index (χ1) is 8.25. The molecule has 0 radical (unpaired) electrons. The van der Waals surface area contributed by atoms with Crippen LogP contribution in [0.3, 0.4) is 0 Å². The fourth-order valence-corrected chi connectivity index (χ4v) is 3.40. The zero-order valence-corrected chi connectivity index (χ0v) is 10.2. The van der Waals surface area contributed by atoms with Crippen LogP contribution >= 0.6 is 0 Å². The average molecular weight is 236 g/mol. The minimum Gasteiger partial charge on any atom is -0.296 e. The van der Waals surface area contributed by atoms with Gasteiger partial charge in [-0.05, 0) is 12.8 Å². The van der Waals surface area contributed by atoms with E-state index in [2.05, 4.69) is 4.90 Å². The molecule has 0 N–H and O–H groups in total. The standard InChI is InChI=1S/C13H20N2O2/c16-12-6-7-13(17)15(12)11-8-14(9-11)10-4-2-1-3-5-10/h10-11H,1-9H2. The van der Waals surface area contributed by atoms with Gasteiger partial charge in [-0.2, -0.15) is 0 Å². The average Bonchev–Trinajstić information content (AvgIpc) is 2.60. The summed E-state index contributed by atoms with van der Waals surface area (Å²) in [5.41, 5.74) is 0. The van der Waals surface area contributed by atoms with Gasteiger partial charge in [-0.3, -0.25) is 19.4 Å². The molecule has 3 aliphatic rings. The second-order valence-electron chi connectivity index (χ2n) is 5.56. The summed E-state index contributed by atoms with van der Waals surface area (Å²) in [6, 6.07) is 0.896. The highest BCUT2D eigenvalue weighted by Gasteiger charge is 2.42. The van der Waals surface area contributed by atoms with Crippen LogP contribution in [0.15, 0.2) is 0 Å². The Morgan fingerprint density at radius 2 is 1.41 bits per heavy atom. The third-order valence-corrected chi connectivity index (χ3v) is 4.44. The third-order valence-electron chi connectivity index (χ3n) is 4.44. The Morgan fingerprint density at radius 1 is 0.824 bits per heavy atom. The van der Waals surface area contributed by atoms with Gasteiger partial charge in [-0.25, -0.2) is 0 Å². The van der Waals surface area contributed by atoms with Gasteiger partial charge in [0.2, 0.25) is 11.8 Å². The van der Waals surface area contributed by atoms with E-state index in [1.165, 1.54) is 37.0 Å². The SMILES string of the molecule is O=C1CCC(=O)N1C1CN(C2CCCCC2)C1. The number of likely N-dealkylation sites (tertiary alicyclic amines) is 2. The minimum atomic E-state index is 0.0447. The summed E-state index contributed by atoms with van der Waals surface area (Å²) in [6.45, 7) is 1.84. The van der Waals surface area contributed by atoms with Crippen LogP contribution in [-0.2, 0) is 9.59 Å². The second kappa shape index (κ2) is 4.41. The smallest absolute Gasteiger partial charge is 0.230 e. The van der Waals surface area contributed by atoms with Crippen molar-refractivity contribution in [2.24, 2.45) is 0 Å². The fraction of sp³-hybridized carbons (Fsp3) is 0.846. The molecule has 3 fully saturated rings. The lowest BCUT2D eigenvalue weighted by atomic mass is 9.91. The Hall–Kier alpha value is -0.900. The first kappa shape index (κ1) is 11.2. The molecule has 94 valence electrons. The van der Waals surface area contributed by atoms with Crippen LogP contribution in [0.25, 0.3) is 0 Å².